The van der Waals surface area contributed by atoms with Crippen molar-refractivity contribution in [3.8, 4) is 0 Å². The van der Waals surface area contributed by atoms with Crippen LogP contribution in [0.4, 0.5) is 0 Å². The number of phosphoric acid groups is 1. The van der Waals surface area contributed by atoms with Gasteiger partial charge in [-0.3, -0.25) is 0 Å². The smallest absolute Gasteiger partial charge is 0.790 e. The van der Waals surface area contributed by atoms with Crippen molar-refractivity contribution in [2.45, 2.75) is 61.4 Å². The number of ether oxygens (including phenoxy) is 3. The van der Waals surface area contributed by atoms with Gasteiger partial charge in [0.1, 0.15) is 48.8 Å². The minimum atomic E-state index is -5.70. The summed E-state index contributed by atoms with van der Waals surface area (Å²) in [5, 5.41) is 67.5. The van der Waals surface area contributed by atoms with E-state index in [0.29, 0.717) is 0 Å². The van der Waals surface area contributed by atoms with E-state index in [1.54, 1.807) is 0 Å². The molecule has 2 fully saturated rings. The van der Waals surface area contributed by atoms with Gasteiger partial charge in [0.15, 0.2) is 12.6 Å². The Bertz CT molecular complexity index is 532. The number of phosphoric ester groups is 1. The van der Waals surface area contributed by atoms with Crippen LogP contribution >= 0.6 is 7.82 Å². The third kappa shape index (κ3) is 6.24. The van der Waals surface area contributed by atoms with Gasteiger partial charge in [0.2, 0.25) is 0 Å². The molecule has 0 aromatic heterocycles. The Morgan fingerprint density at radius 1 is 0.821 bits per heavy atom. The molecule has 0 spiro atoms. The van der Waals surface area contributed by atoms with Crippen molar-refractivity contribution in [1.82, 2.24) is 0 Å². The van der Waals surface area contributed by atoms with Gasteiger partial charge in [0.05, 0.1) is 21.0 Å². The summed E-state index contributed by atoms with van der Waals surface area (Å²) in [5.74, 6) is 0. The zero-order chi connectivity index (χ0) is 20.5. The molecule has 0 aliphatic carbocycles. The molecule has 10 atom stereocenters. The van der Waals surface area contributed by atoms with Crippen LogP contribution in [-0.2, 0) is 23.3 Å². The van der Waals surface area contributed by atoms with Gasteiger partial charge < -0.3 is 68.8 Å². The number of rotatable bonds is 6. The first-order chi connectivity index (χ1) is 12.5. The van der Waals surface area contributed by atoms with Gasteiger partial charge in [0, 0.05) is 0 Å². The van der Waals surface area contributed by atoms with Crippen molar-refractivity contribution in [2.75, 3.05) is 13.2 Å². The van der Waals surface area contributed by atoms with Gasteiger partial charge in [-0.2, -0.15) is 0 Å². The van der Waals surface area contributed by atoms with Gasteiger partial charge in [-0.25, -0.2) is 0 Å². The molecule has 0 amide bonds. The number of hydrogen-bond acceptors (Lipinski definition) is 14. The summed E-state index contributed by atoms with van der Waals surface area (Å²) in [6, 6.07) is 0. The molecule has 0 radical (unpaired) electrons. The normalized spacial score (nSPS) is 44.8. The van der Waals surface area contributed by atoms with E-state index < -0.39 is 82.4 Å². The van der Waals surface area contributed by atoms with Crippen molar-refractivity contribution >= 4 is 45.6 Å². The molecular formula is C12H21CaO14P. The minimum Gasteiger partial charge on any atom is -0.790 e. The minimum absolute atomic E-state index is 0. The molecule has 14 nitrogen and oxygen atoms in total. The molecule has 16 heteroatoms. The Morgan fingerprint density at radius 3 is 1.86 bits per heavy atom. The van der Waals surface area contributed by atoms with Crippen molar-refractivity contribution in [1.29, 1.82) is 0 Å². The summed E-state index contributed by atoms with van der Waals surface area (Å²) in [5.41, 5.74) is 0. The van der Waals surface area contributed by atoms with E-state index in [1.807, 2.05) is 0 Å². The topological polar surface area (TPSA) is 242 Å². The van der Waals surface area contributed by atoms with Crippen LogP contribution < -0.4 is 9.79 Å². The largest absolute Gasteiger partial charge is 2.00 e. The van der Waals surface area contributed by atoms with E-state index in [1.165, 1.54) is 0 Å². The Kier molecular flexibility index (Phi) is 10.6. The van der Waals surface area contributed by atoms with Gasteiger partial charge >= 0.3 is 37.7 Å². The fourth-order valence-corrected chi connectivity index (χ4v) is 3.34. The first kappa shape index (κ1) is 27.0. The van der Waals surface area contributed by atoms with Crippen LogP contribution in [0.15, 0.2) is 0 Å². The quantitative estimate of drug-likeness (QED) is 0.144. The molecule has 2 rings (SSSR count). The Morgan fingerprint density at radius 2 is 1.36 bits per heavy atom. The van der Waals surface area contributed by atoms with Gasteiger partial charge in [-0.15, -0.1) is 0 Å². The van der Waals surface area contributed by atoms with Crippen LogP contribution in [0.25, 0.3) is 0 Å². The van der Waals surface area contributed by atoms with Crippen LogP contribution in [0.5, 0.6) is 0 Å². The summed E-state index contributed by atoms with van der Waals surface area (Å²) in [4.78, 5) is 21.9. The van der Waals surface area contributed by atoms with Crippen LogP contribution in [-0.4, -0.2) is 148 Å². The van der Waals surface area contributed by atoms with E-state index in [0.717, 1.165) is 0 Å². The van der Waals surface area contributed by atoms with E-state index in [9.17, 15) is 50.1 Å². The van der Waals surface area contributed by atoms with E-state index in [2.05, 4.69) is 4.52 Å². The maximum Gasteiger partial charge on any atom is 2.00 e. The van der Waals surface area contributed by atoms with Crippen LogP contribution in [0, 0.1) is 0 Å². The summed E-state index contributed by atoms with van der Waals surface area (Å²) in [7, 11) is -5.70. The summed E-state index contributed by atoms with van der Waals surface area (Å²) < 4.78 is 30.3. The van der Waals surface area contributed by atoms with Crippen molar-refractivity contribution < 1.29 is 68.8 Å². The molecule has 28 heavy (non-hydrogen) atoms. The Hall–Kier alpha value is 0.970. The maximum absolute atomic E-state index is 10.9. The summed E-state index contributed by atoms with van der Waals surface area (Å²) in [6.45, 7) is -1.66. The molecule has 0 bridgehead atoms. The molecule has 2 saturated heterocycles. The van der Waals surface area contributed by atoms with E-state index >= 15 is 0 Å². The molecular weight excluding hydrogens is 439 g/mol. The predicted molar refractivity (Wildman–Crippen MR) is 80.8 cm³/mol. The SMILES string of the molecule is O=P([O-])([O-])O[C@H]1[C@H](O[C@H]2[C@H](O)[C@@H](O)[C@H](O)O[C@@H]2CO)O[C@H](CO)[C@H](O)[C@@H]1O.[Ca+2]. The molecule has 2 aliphatic rings. The number of hydrogen-bond donors (Lipinski definition) is 7. The van der Waals surface area contributed by atoms with Gasteiger partial charge in [0.25, 0.3) is 0 Å². The van der Waals surface area contributed by atoms with Gasteiger partial charge in [-0.05, 0) is 0 Å². The van der Waals surface area contributed by atoms with Crippen molar-refractivity contribution in [3.05, 3.63) is 0 Å². The fourth-order valence-electron chi connectivity index (χ4n) is 2.82. The molecule has 0 aromatic rings. The molecule has 2 heterocycles. The van der Waals surface area contributed by atoms with E-state index in [4.69, 9.17) is 14.2 Å². The zero-order valence-electron chi connectivity index (χ0n) is 14.3. The van der Waals surface area contributed by atoms with Gasteiger partial charge in [-0.1, -0.05) is 0 Å². The Balaban J connectivity index is 0.00000392. The third-order valence-corrected chi connectivity index (χ3v) is 4.71. The first-order valence-electron chi connectivity index (χ1n) is 7.79. The number of aliphatic hydroxyl groups excluding tert-OH is 7. The second-order valence-corrected chi connectivity index (χ2v) is 7.16. The first-order valence-corrected chi connectivity index (χ1v) is 9.25. The van der Waals surface area contributed by atoms with Crippen molar-refractivity contribution in [3.63, 3.8) is 0 Å². The van der Waals surface area contributed by atoms with E-state index in [-0.39, 0.29) is 37.7 Å². The standard InChI is InChI=1S/C12H23O14P.Ca/c13-1-3-5(15)6(16)10(26-27(20,21)22)12(24-3)25-9-4(2-14)23-11(19)8(18)7(9)17;/h3-19H,1-2H2,(H2,20,21,22);/q;+2/p-2/t3-,4-,5+,6+,7-,8-,9-,10-,11-,12+;/m1./s1. The second-order valence-electron chi connectivity index (χ2n) is 6.05. The fraction of sp³-hybridized carbons (Fsp3) is 1.00. The predicted octanol–water partition coefficient (Wildman–Crippen LogP) is -6.92. The molecule has 0 aromatic carbocycles. The van der Waals surface area contributed by atoms with Crippen molar-refractivity contribution in [2.24, 2.45) is 0 Å². The van der Waals surface area contributed by atoms with Crippen LogP contribution in [0.1, 0.15) is 0 Å². The molecule has 2 aliphatic heterocycles. The molecule has 0 saturated carbocycles. The zero-order valence-corrected chi connectivity index (χ0v) is 17.4. The van der Waals surface area contributed by atoms with Crippen LogP contribution in [0.2, 0.25) is 0 Å². The monoisotopic (exact) mass is 460 g/mol. The summed E-state index contributed by atoms with van der Waals surface area (Å²) in [6.07, 6.45) is -18.1. The second kappa shape index (κ2) is 11.0. The average Bonchev–Trinajstić information content (AvgIpc) is 2.60. The number of aliphatic hydroxyl groups is 7. The third-order valence-electron chi connectivity index (χ3n) is 4.21. The summed E-state index contributed by atoms with van der Waals surface area (Å²) >= 11 is 0. The maximum atomic E-state index is 10.9. The Labute approximate surface area is 188 Å². The molecule has 7 N–H and O–H groups in total. The average molecular weight is 460 g/mol. The molecule has 0 unspecified atom stereocenters. The van der Waals surface area contributed by atoms with Crippen LogP contribution in [0.3, 0.4) is 0 Å². The molecule has 160 valence electrons.